The Hall–Kier alpha value is -1.02. The van der Waals surface area contributed by atoms with Crippen LogP contribution in [0.4, 0.5) is 0 Å². The fraction of sp³-hybridized carbons (Fsp3) is 0.667. The zero-order valence-corrected chi connectivity index (χ0v) is 14.1. The minimum atomic E-state index is -1.17. The van der Waals surface area contributed by atoms with Gasteiger partial charge in [-0.2, -0.15) is 9.59 Å². The van der Waals surface area contributed by atoms with Gasteiger partial charge in [-0.05, 0) is 42.6 Å². The smallest absolute Gasteiger partial charge is 0.427 e. The molecule has 128 valence electrons. The summed E-state index contributed by atoms with van der Waals surface area (Å²) in [5.74, 6) is 0. The third kappa shape index (κ3) is 8.41. The molecule has 2 heterocycles. The molecule has 0 amide bonds. The van der Waals surface area contributed by atoms with Crippen molar-refractivity contribution in [3.05, 3.63) is 21.9 Å². The average Bonchev–Trinajstić information content (AvgIpc) is 2.97. The van der Waals surface area contributed by atoms with Crippen molar-refractivity contribution in [2.24, 2.45) is 5.73 Å². The molecule has 2 rings (SSSR count). The molecule has 4 N–H and O–H groups in total. The van der Waals surface area contributed by atoms with Gasteiger partial charge >= 0.3 is 13.3 Å². The molecule has 6 nitrogen and oxygen atoms in total. The van der Waals surface area contributed by atoms with E-state index >= 15 is 0 Å². The monoisotopic (exact) mass is 340 g/mol. The number of hydrogen-bond acceptors (Lipinski definition) is 7. The minimum absolute atomic E-state index is 0.232. The number of carbonyl (C=O) groups excluding carboxylic acids is 2. The Labute approximate surface area is 141 Å². The van der Waals surface area contributed by atoms with E-state index in [0.717, 1.165) is 45.3 Å². The van der Waals surface area contributed by atoms with E-state index in [1.165, 1.54) is 16.9 Å². The van der Waals surface area contributed by atoms with E-state index in [-0.39, 0.29) is 12.2 Å². The molecule has 0 bridgehead atoms. The van der Waals surface area contributed by atoms with Gasteiger partial charge in [0.25, 0.3) is 0 Å². The summed E-state index contributed by atoms with van der Waals surface area (Å²) in [6.45, 7) is 3.30. The normalized spacial score (nSPS) is 15.1. The number of rotatable bonds is 8. The molecule has 0 radical (unpaired) electrons. The maximum atomic E-state index is 8.77. The number of thiophene rings is 1. The predicted octanol–water partition coefficient (Wildman–Crippen LogP) is 0.883. The van der Waals surface area contributed by atoms with E-state index < -0.39 is 7.12 Å². The Balaban J connectivity index is 0.000000816. The van der Waals surface area contributed by atoms with Crippen molar-refractivity contribution in [3.63, 3.8) is 0 Å². The summed E-state index contributed by atoms with van der Waals surface area (Å²) in [4.78, 5) is 20.3. The molecule has 1 aliphatic heterocycles. The van der Waals surface area contributed by atoms with Gasteiger partial charge in [0.1, 0.15) is 0 Å². The van der Waals surface area contributed by atoms with Gasteiger partial charge < -0.3 is 15.8 Å². The van der Waals surface area contributed by atoms with Crippen LogP contribution >= 0.6 is 11.3 Å². The van der Waals surface area contributed by atoms with E-state index in [0.29, 0.717) is 6.32 Å². The summed E-state index contributed by atoms with van der Waals surface area (Å²) in [7, 11) is -1.17. The van der Waals surface area contributed by atoms with Gasteiger partial charge in [0, 0.05) is 30.6 Å². The first-order chi connectivity index (χ1) is 11.1. The molecule has 0 saturated heterocycles. The van der Waals surface area contributed by atoms with Gasteiger partial charge in [-0.1, -0.05) is 12.8 Å². The lowest BCUT2D eigenvalue weighted by Crippen LogP contribution is -2.34. The van der Waals surface area contributed by atoms with Gasteiger partial charge in [0.2, 0.25) is 0 Å². The van der Waals surface area contributed by atoms with Crippen LogP contribution in [0.25, 0.3) is 0 Å². The quantitative estimate of drug-likeness (QED) is 0.479. The molecule has 1 aromatic rings. The molecule has 8 heteroatoms. The number of nitrogens with two attached hydrogens (primary N) is 1. The van der Waals surface area contributed by atoms with Gasteiger partial charge in [-0.25, -0.2) is 0 Å². The first-order valence-electron chi connectivity index (χ1n) is 7.95. The Morgan fingerprint density at radius 2 is 2.09 bits per heavy atom. The third-order valence-corrected chi connectivity index (χ3v) is 4.95. The molecule has 0 aliphatic carbocycles. The second kappa shape index (κ2) is 11.5. The van der Waals surface area contributed by atoms with Gasteiger partial charge in [0.15, 0.2) is 0 Å². The topological polar surface area (TPSA) is 104 Å². The third-order valence-electron chi connectivity index (χ3n) is 4.01. The van der Waals surface area contributed by atoms with Crippen molar-refractivity contribution >= 4 is 24.6 Å². The van der Waals surface area contributed by atoms with E-state index in [9.17, 15) is 0 Å². The Morgan fingerprint density at radius 1 is 1.35 bits per heavy atom. The van der Waals surface area contributed by atoms with Crippen molar-refractivity contribution in [2.75, 3.05) is 13.1 Å². The number of nitrogens with zero attached hydrogens (tertiary/aromatic N) is 1. The van der Waals surface area contributed by atoms with Gasteiger partial charge in [-0.3, -0.25) is 4.90 Å². The number of unbranched alkanes of at least 4 members (excludes halogenated alkanes) is 1. The summed E-state index contributed by atoms with van der Waals surface area (Å²) in [6.07, 6.45) is 5.71. The van der Waals surface area contributed by atoms with Crippen LogP contribution in [0.5, 0.6) is 0 Å². The van der Waals surface area contributed by atoms with Crippen molar-refractivity contribution in [2.45, 2.75) is 51.0 Å². The summed E-state index contributed by atoms with van der Waals surface area (Å²) in [6, 6.07) is 2.48. The van der Waals surface area contributed by atoms with Gasteiger partial charge in [-0.15, -0.1) is 11.3 Å². The maximum Gasteiger partial charge on any atom is 0.451 e. The molecule has 23 heavy (non-hydrogen) atoms. The second-order valence-corrected chi connectivity index (χ2v) is 6.79. The Morgan fingerprint density at radius 3 is 2.78 bits per heavy atom. The highest BCUT2D eigenvalue weighted by atomic mass is 32.1. The fourth-order valence-electron chi connectivity index (χ4n) is 2.71. The molecule has 0 fully saturated rings. The summed E-state index contributed by atoms with van der Waals surface area (Å²) in [5, 5.41) is 19.7. The molecule has 0 spiro atoms. The van der Waals surface area contributed by atoms with Crippen LogP contribution in [0.3, 0.4) is 0 Å². The van der Waals surface area contributed by atoms with Crippen LogP contribution in [0, 0.1) is 0 Å². The molecular weight excluding hydrogens is 315 g/mol. The van der Waals surface area contributed by atoms with Crippen molar-refractivity contribution in [1.82, 2.24) is 4.90 Å². The van der Waals surface area contributed by atoms with E-state index in [4.69, 9.17) is 25.4 Å². The molecule has 0 saturated carbocycles. The molecule has 1 unspecified atom stereocenters. The molecular formula is C15H25BN2O4S. The lowest BCUT2D eigenvalue weighted by molar-refractivity contribution is -0.191. The first kappa shape index (κ1) is 20.0. The largest absolute Gasteiger partial charge is 0.451 e. The first-order valence-corrected chi connectivity index (χ1v) is 8.83. The van der Waals surface area contributed by atoms with E-state index in [2.05, 4.69) is 16.3 Å². The zero-order valence-electron chi connectivity index (χ0n) is 13.3. The molecule has 1 aromatic heterocycles. The van der Waals surface area contributed by atoms with Crippen molar-refractivity contribution < 1.29 is 19.6 Å². The van der Waals surface area contributed by atoms with E-state index in [1.54, 1.807) is 0 Å². The van der Waals surface area contributed by atoms with Gasteiger partial charge in [0.05, 0.1) is 0 Å². The highest BCUT2D eigenvalue weighted by Gasteiger charge is 2.17. The number of fused-ring (bicyclic) bond motifs is 1. The zero-order chi connectivity index (χ0) is 17.1. The lowest BCUT2D eigenvalue weighted by Gasteiger charge is -2.27. The minimum Gasteiger partial charge on any atom is -0.427 e. The summed E-state index contributed by atoms with van der Waals surface area (Å²) in [5.41, 5.74) is 7.66. The Kier molecular flexibility index (Phi) is 10.0. The van der Waals surface area contributed by atoms with Crippen LogP contribution in [0.2, 0.25) is 6.32 Å². The average molecular weight is 340 g/mol. The summed E-state index contributed by atoms with van der Waals surface area (Å²) >= 11 is 1.86. The van der Waals surface area contributed by atoms with Crippen molar-refractivity contribution in [3.8, 4) is 0 Å². The maximum absolute atomic E-state index is 8.77. The standard InChI is InChI=1S/C14H25BN2O2S.CO2/c16-13(3-1-2-7-15(18)19)5-9-17-8-4-12-6-10-20-14(12)11-17;2-1-3/h6,10,13,18-19H,1-5,7-9,11,16H2;. The second-order valence-electron chi connectivity index (χ2n) is 5.79. The summed E-state index contributed by atoms with van der Waals surface area (Å²) < 4.78 is 0. The van der Waals surface area contributed by atoms with Crippen LogP contribution in [0.1, 0.15) is 36.1 Å². The lowest BCUT2D eigenvalue weighted by atomic mass is 9.83. The molecule has 1 aliphatic rings. The van der Waals surface area contributed by atoms with Crippen molar-refractivity contribution in [1.29, 1.82) is 0 Å². The van der Waals surface area contributed by atoms with Crippen LogP contribution < -0.4 is 5.73 Å². The molecule has 1 atom stereocenters. The highest BCUT2D eigenvalue weighted by Crippen LogP contribution is 2.24. The highest BCUT2D eigenvalue weighted by molar-refractivity contribution is 7.10. The SMILES string of the molecule is NC(CCCCB(O)O)CCN1CCc2ccsc2C1.O=C=O. The predicted molar refractivity (Wildman–Crippen MR) is 89.7 cm³/mol. The number of hydrogen-bond donors (Lipinski definition) is 3. The fourth-order valence-corrected chi connectivity index (χ4v) is 3.68. The van der Waals surface area contributed by atoms with E-state index in [1.807, 2.05) is 11.3 Å². The molecule has 0 aromatic carbocycles. The Bertz CT molecular complexity index is 478. The van der Waals surface area contributed by atoms with Crippen LogP contribution in [-0.2, 0) is 22.6 Å². The van der Waals surface area contributed by atoms with Crippen LogP contribution in [-0.4, -0.2) is 47.3 Å². The van der Waals surface area contributed by atoms with Crippen LogP contribution in [0.15, 0.2) is 11.4 Å².